The first-order chi connectivity index (χ1) is 63.6. The van der Waals surface area contributed by atoms with Crippen LogP contribution in [-0.2, 0) is 19.8 Å². The Morgan fingerprint density at radius 3 is 0.560 bits per heavy atom. The fourth-order valence-corrected chi connectivity index (χ4v) is 12.2. The molecule has 7 aromatic carbocycles. The molecule has 0 heterocycles. The van der Waals surface area contributed by atoms with Gasteiger partial charge in [-0.2, -0.15) is 224 Å². The van der Waals surface area contributed by atoms with Crippen LogP contribution < -0.4 is 28.4 Å². The summed E-state index contributed by atoms with van der Waals surface area (Å²) < 4.78 is 735. The molecule has 0 aromatic heterocycles. The molecule has 0 unspecified atom stereocenters. The van der Waals surface area contributed by atoms with Crippen molar-refractivity contribution in [3.8, 4) is 67.9 Å². The maximum atomic E-state index is 14.5. The summed E-state index contributed by atoms with van der Waals surface area (Å²) in [6, 6.07) is 35.4. The maximum Gasteiger partial charge on any atom is 0.460 e. The Bertz CT molecular complexity index is 5120. The van der Waals surface area contributed by atoms with Crippen LogP contribution in [0.5, 0.6) is 34.5 Å². The molecule has 7 aromatic rings. The zero-order valence-electron chi connectivity index (χ0n) is 69.3. The number of rotatable bonds is 49. The van der Waals surface area contributed by atoms with E-state index in [2.05, 4.69) is 0 Å². The van der Waals surface area contributed by atoms with E-state index < -0.39 is 233 Å². The molecule has 0 N–H and O–H groups in total. The number of Topliss-reactive ketones (excluding diaryl/α,β-unsaturated/α-hetero) is 1. The van der Waals surface area contributed by atoms with Crippen molar-refractivity contribution in [2.24, 2.45) is 0 Å². The van der Waals surface area contributed by atoms with Gasteiger partial charge in [-0.3, -0.25) is 4.79 Å². The number of unbranched alkanes of at least 4 members (excludes halogenated alkanes) is 3. The van der Waals surface area contributed by atoms with Gasteiger partial charge in [0.15, 0.2) is 17.3 Å². The van der Waals surface area contributed by atoms with Crippen molar-refractivity contribution < 1.29 is 257 Å². The highest BCUT2D eigenvalue weighted by Crippen LogP contribution is 2.69. The zero-order valence-corrected chi connectivity index (χ0v) is 69.3. The van der Waals surface area contributed by atoms with Crippen molar-refractivity contribution in [2.75, 3.05) is 19.8 Å². The molecule has 0 aliphatic carbocycles. The van der Waals surface area contributed by atoms with E-state index in [0.717, 1.165) is 6.92 Å². The van der Waals surface area contributed by atoms with Crippen molar-refractivity contribution in [3.63, 3.8) is 0 Å². The van der Waals surface area contributed by atoms with Gasteiger partial charge in [-0.15, -0.1) is 0 Å². The molecule has 0 amide bonds. The predicted molar refractivity (Wildman–Crippen MR) is 385 cm³/mol. The molecule has 7 nitrogen and oxygen atoms in total. The molecule has 7 rings (SSSR count). The number of hydrogen-bond acceptors (Lipinski definition) is 7. The minimum absolute atomic E-state index is 0.0862. The lowest BCUT2D eigenvalue weighted by atomic mass is 9.88. The Labute approximate surface area is 756 Å². The van der Waals surface area contributed by atoms with E-state index in [1.807, 2.05) is 0 Å². The van der Waals surface area contributed by atoms with E-state index >= 15 is 0 Å². The molecular formula is C83H59F51O7. The molecule has 0 spiro atoms. The highest BCUT2D eigenvalue weighted by molar-refractivity contribution is 5.95. The van der Waals surface area contributed by atoms with Crippen LogP contribution >= 0.6 is 0 Å². The van der Waals surface area contributed by atoms with E-state index in [9.17, 15) is 229 Å². The molecule has 0 fully saturated rings. The number of ether oxygens (including phenoxy) is 6. The molecule has 0 bridgehead atoms. The molecule has 0 saturated heterocycles. The van der Waals surface area contributed by atoms with Crippen molar-refractivity contribution in [1.29, 1.82) is 0 Å². The summed E-state index contributed by atoms with van der Waals surface area (Å²) in [4.78, 5) is 13.1. The molecule has 0 atom stereocenters. The van der Waals surface area contributed by atoms with Crippen LogP contribution in [-0.4, -0.2) is 169 Å². The molecular weight excluding hydrogens is 2080 g/mol. The lowest BCUT2D eigenvalue weighted by Crippen LogP contribution is -2.74. The minimum atomic E-state index is -8.80. The summed E-state index contributed by atoms with van der Waals surface area (Å²) in [5.41, 5.74) is 3.21. The van der Waals surface area contributed by atoms with Crippen LogP contribution in [0.4, 0.5) is 224 Å². The summed E-state index contributed by atoms with van der Waals surface area (Å²) >= 11 is 0. The standard InChI is InChI=1S/C83H59F51O7/c1-43(135)53-38-57(139-40-44-8-14-47(15-9-44)50-20-26-54(27-21-50)136-35-5-2-32-60(84,85)63(90,91)66(96,97)69(102,103)72(108,109)75(114,115)78(120,121)81(126,127)128)59(141-42-46-12-18-49(19-13-46)52-24-30-56(31-25-52)138-37-7-4-34-62(88,89)65(94,95)68(100,101)71(106,107)74(112,113)77(118,119)80(124,125)83(132,133)134)58(39-53)140-41-45-10-16-48(17-11-45)51-22-28-55(29-23-51)137-36-6-3-33-61(86,87)64(92,93)67(98,99)70(104,105)73(110,111)76(116,117)79(122,123)82(129,130)131/h8-31,38-39H,2-7,32-37,40-42H2,1H3. The van der Waals surface area contributed by atoms with Gasteiger partial charge in [-0.05, 0) is 144 Å². The first kappa shape index (κ1) is 117. The van der Waals surface area contributed by atoms with Gasteiger partial charge in [0.25, 0.3) is 0 Å². The van der Waals surface area contributed by atoms with E-state index in [-0.39, 0.29) is 53.3 Å². The van der Waals surface area contributed by atoms with Gasteiger partial charge in [0, 0.05) is 24.8 Å². The second kappa shape index (κ2) is 39.9. The van der Waals surface area contributed by atoms with Gasteiger partial charge < -0.3 is 28.4 Å². The Morgan fingerprint density at radius 2 is 0.376 bits per heavy atom. The van der Waals surface area contributed by atoms with Crippen LogP contribution in [0.2, 0.25) is 0 Å². The SMILES string of the molecule is CC(=O)c1cc(OCc2ccc(-c3ccc(OCCCCC(F)(F)C(F)(F)C(F)(F)C(F)(F)C(F)(F)C(F)(F)C(F)(F)C(F)(F)F)cc3)cc2)c(OCc2ccc(-c3ccc(OCCCCC(F)(F)C(F)(F)C(F)(F)C(F)(F)C(F)(F)C(F)(F)C(F)(F)C(F)(F)F)cc3)cc2)c(OCc2ccc(-c3ccc(OCCCCC(F)(F)C(F)(F)C(F)(F)C(F)(F)C(F)(F)C(F)(F)C(F)(F)C(F)(F)F)cc3)cc2)c1. The van der Waals surface area contributed by atoms with Gasteiger partial charge in [0.05, 0.1) is 19.8 Å². The molecule has 141 heavy (non-hydrogen) atoms. The van der Waals surface area contributed by atoms with Crippen LogP contribution in [0.1, 0.15) is 91.8 Å². The van der Waals surface area contributed by atoms with Crippen LogP contribution in [0.25, 0.3) is 33.4 Å². The highest BCUT2D eigenvalue weighted by Gasteiger charge is 2.99. The second-order valence-electron chi connectivity index (χ2n) is 30.8. The predicted octanol–water partition coefficient (Wildman–Crippen LogP) is 31.3. The minimum Gasteiger partial charge on any atom is -0.494 e. The number of alkyl halides is 51. The quantitative estimate of drug-likeness (QED) is 0.0214. The average Bonchev–Trinajstić information content (AvgIpc) is 0.701. The largest absolute Gasteiger partial charge is 0.494 e. The van der Waals surface area contributed by atoms with E-state index in [0.29, 0.717) is 50.1 Å². The van der Waals surface area contributed by atoms with Crippen molar-refractivity contribution in [3.05, 3.63) is 180 Å². The Morgan fingerprint density at radius 1 is 0.206 bits per heavy atom. The molecule has 0 saturated carbocycles. The third-order valence-corrected chi connectivity index (χ3v) is 20.8. The number of hydrogen-bond donors (Lipinski definition) is 0. The van der Waals surface area contributed by atoms with Crippen molar-refractivity contribution in [1.82, 2.24) is 0 Å². The third kappa shape index (κ3) is 21.5. The molecule has 0 radical (unpaired) electrons. The smallest absolute Gasteiger partial charge is 0.460 e. The number of carbonyl (C=O) groups excluding carboxylic acids is 1. The van der Waals surface area contributed by atoms with Gasteiger partial charge in [0.2, 0.25) is 5.75 Å². The average molecular weight is 2140 g/mol. The number of benzene rings is 7. The Balaban J connectivity index is 1.03. The van der Waals surface area contributed by atoms with Crippen LogP contribution in [0.15, 0.2) is 158 Å². The summed E-state index contributed by atoms with van der Waals surface area (Å²) in [5.74, 6) is -174. The first-order valence-electron chi connectivity index (χ1n) is 38.8. The maximum absolute atomic E-state index is 14.5. The van der Waals surface area contributed by atoms with E-state index in [4.69, 9.17) is 28.4 Å². The van der Waals surface area contributed by atoms with Crippen LogP contribution in [0, 0.1) is 0 Å². The third-order valence-electron chi connectivity index (χ3n) is 20.8. The fourth-order valence-electron chi connectivity index (χ4n) is 12.2. The van der Waals surface area contributed by atoms with Gasteiger partial charge in [0.1, 0.15) is 37.1 Å². The van der Waals surface area contributed by atoms with Crippen molar-refractivity contribution in [2.45, 2.75) is 227 Å². The number of carbonyl (C=O) groups is 1. The second-order valence-corrected chi connectivity index (χ2v) is 30.8. The number of ketones is 1. The van der Waals surface area contributed by atoms with Gasteiger partial charge in [-0.25, -0.2) is 0 Å². The Kier molecular flexibility index (Phi) is 33.2. The zero-order chi connectivity index (χ0) is 108. The fraction of sp³-hybridized carbons (Fsp3) is 0.482. The lowest BCUT2D eigenvalue weighted by Gasteiger charge is -2.42. The normalized spacial score (nSPS) is 14.6. The van der Waals surface area contributed by atoms with Gasteiger partial charge >= 0.3 is 143 Å². The van der Waals surface area contributed by atoms with E-state index in [1.54, 1.807) is 0 Å². The summed E-state index contributed by atoms with van der Waals surface area (Å²) in [6.45, 7) is -2.51. The molecule has 58 heteroatoms. The summed E-state index contributed by atoms with van der Waals surface area (Å²) in [7, 11) is 0. The molecule has 0 aliphatic rings. The van der Waals surface area contributed by atoms with Crippen molar-refractivity contribution >= 4 is 5.78 Å². The topological polar surface area (TPSA) is 72.5 Å². The summed E-state index contributed by atoms with van der Waals surface area (Å²) in [6.07, 6.45) is -39.0. The molecule has 790 valence electrons. The highest BCUT2D eigenvalue weighted by atomic mass is 19.5. The Hall–Kier alpha value is -10.6. The van der Waals surface area contributed by atoms with E-state index in [1.165, 1.54) is 158 Å². The lowest BCUT2D eigenvalue weighted by molar-refractivity contribution is -0.461. The first-order valence-corrected chi connectivity index (χ1v) is 38.8. The van der Waals surface area contributed by atoms with Crippen LogP contribution in [0.3, 0.4) is 0 Å². The monoisotopic (exact) mass is 2140 g/mol. The van der Waals surface area contributed by atoms with Gasteiger partial charge in [-0.1, -0.05) is 109 Å². The number of halogens is 51. The summed E-state index contributed by atoms with van der Waals surface area (Å²) in [5, 5.41) is 0. The molecule has 0 aliphatic heterocycles.